The molecule has 0 N–H and O–H groups in total. The lowest BCUT2D eigenvalue weighted by atomic mass is 9.94. The number of aromatic nitrogens is 4. The normalized spacial score (nSPS) is 16.4. The van der Waals surface area contributed by atoms with E-state index in [0.29, 0.717) is 12.4 Å². The van der Waals surface area contributed by atoms with Crippen LogP contribution in [0.15, 0.2) is 41.5 Å². The topological polar surface area (TPSA) is 61.4 Å². The molecule has 0 amide bonds. The average Bonchev–Trinajstić information content (AvgIpc) is 3.19. The molecule has 3 aromatic heterocycles. The lowest BCUT2D eigenvalue weighted by Gasteiger charge is -2.29. The molecule has 0 aliphatic carbocycles. The molecule has 126 valence electrons. The third-order valence-corrected chi connectivity index (χ3v) is 5.85. The smallest absolute Gasteiger partial charge is 0.268 e. The molecular formula is C18H16N4O2S. The highest BCUT2D eigenvalue weighted by molar-refractivity contribution is 7.18. The second kappa shape index (κ2) is 5.00. The number of fused-ring (bicyclic) bond motifs is 5. The summed E-state index contributed by atoms with van der Waals surface area (Å²) in [5, 5.41) is 8.99. The van der Waals surface area contributed by atoms with E-state index in [2.05, 4.69) is 24.0 Å². The minimum atomic E-state index is -0.271. The molecule has 0 saturated carbocycles. The Labute approximate surface area is 147 Å². The van der Waals surface area contributed by atoms with Crippen molar-refractivity contribution in [1.82, 2.24) is 19.2 Å². The van der Waals surface area contributed by atoms with Crippen LogP contribution in [-0.4, -0.2) is 24.8 Å². The predicted octanol–water partition coefficient (Wildman–Crippen LogP) is 2.95. The van der Waals surface area contributed by atoms with Gasteiger partial charge in [0.2, 0.25) is 5.78 Å². The van der Waals surface area contributed by atoms with E-state index in [4.69, 9.17) is 4.74 Å². The quantitative estimate of drug-likeness (QED) is 0.528. The molecular weight excluding hydrogens is 336 g/mol. The monoisotopic (exact) mass is 352 g/mol. The van der Waals surface area contributed by atoms with E-state index in [9.17, 15) is 4.79 Å². The highest BCUT2D eigenvalue weighted by atomic mass is 32.1. The third-order valence-electron chi connectivity index (χ3n) is 4.65. The zero-order valence-electron chi connectivity index (χ0n) is 13.9. The van der Waals surface area contributed by atoms with Crippen LogP contribution in [0, 0.1) is 0 Å². The average molecular weight is 352 g/mol. The largest absolute Gasteiger partial charge is 0.370 e. The van der Waals surface area contributed by atoms with Gasteiger partial charge >= 0.3 is 0 Å². The summed E-state index contributed by atoms with van der Waals surface area (Å²) in [6.45, 7) is 4.66. The van der Waals surface area contributed by atoms with Gasteiger partial charge in [0.25, 0.3) is 5.56 Å². The predicted molar refractivity (Wildman–Crippen MR) is 96.5 cm³/mol. The van der Waals surface area contributed by atoms with Gasteiger partial charge in [-0.25, -0.2) is 4.57 Å². The molecule has 25 heavy (non-hydrogen) atoms. The molecule has 4 heterocycles. The summed E-state index contributed by atoms with van der Waals surface area (Å²) < 4.78 is 9.48. The van der Waals surface area contributed by atoms with Crippen molar-refractivity contribution in [3.63, 3.8) is 0 Å². The van der Waals surface area contributed by atoms with Gasteiger partial charge in [-0.3, -0.25) is 9.20 Å². The molecule has 0 unspecified atom stereocenters. The van der Waals surface area contributed by atoms with Gasteiger partial charge in [0.1, 0.15) is 11.2 Å². The Morgan fingerprint density at radius 3 is 2.84 bits per heavy atom. The van der Waals surface area contributed by atoms with Gasteiger partial charge in [-0.1, -0.05) is 18.2 Å². The highest BCUT2D eigenvalue weighted by Crippen LogP contribution is 2.37. The van der Waals surface area contributed by atoms with Crippen molar-refractivity contribution in [1.29, 1.82) is 0 Å². The van der Waals surface area contributed by atoms with Crippen molar-refractivity contribution in [2.24, 2.45) is 0 Å². The summed E-state index contributed by atoms with van der Waals surface area (Å²) >= 11 is 1.60. The van der Waals surface area contributed by atoms with Gasteiger partial charge in [-0.2, -0.15) is 0 Å². The lowest BCUT2D eigenvalue weighted by Crippen LogP contribution is -2.32. The second-order valence-electron chi connectivity index (χ2n) is 6.89. The zero-order chi connectivity index (χ0) is 17.2. The number of nitrogens with zero attached hydrogens (tertiary/aromatic N) is 4. The Morgan fingerprint density at radius 2 is 2.04 bits per heavy atom. The molecule has 0 saturated heterocycles. The molecule has 0 atom stereocenters. The molecule has 0 fully saturated rings. The number of hydrogen-bond acceptors (Lipinski definition) is 5. The Morgan fingerprint density at radius 1 is 1.24 bits per heavy atom. The molecule has 0 radical (unpaired) electrons. The van der Waals surface area contributed by atoms with Crippen LogP contribution in [0.2, 0.25) is 0 Å². The van der Waals surface area contributed by atoms with E-state index in [1.807, 2.05) is 34.7 Å². The van der Waals surface area contributed by atoms with Crippen LogP contribution in [0.1, 0.15) is 24.3 Å². The van der Waals surface area contributed by atoms with Crippen LogP contribution in [0.5, 0.6) is 0 Å². The zero-order valence-corrected chi connectivity index (χ0v) is 14.7. The third kappa shape index (κ3) is 2.09. The summed E-state index contributed by atoms with van der Waals surface area (Å²) in [6, 6.07) is 9.58. The summed E-state index contributed by atoms with van der Waals surface area (Å²) in [6.07, 6.45) is 2.39. The van der Waals surface area contributed by atoms with Crippen molar-refractivity contribution in [3.05, 3.63) is 57.5 Å². The number of thiophene rings is 1. The van der Waals surface area contributed by atoms with Crippen LogP contribution in [0.4, 0.5) is 0 Å². The molecule has 0 bridgehead atoms. The molecule has 1 aromatic carbocycles. The fraction of sp³-hybridized carbons (Fsp3) is 0.278. The Hall–Kier alpha value is -2.51. The van der Waals surface area contributed by atoms with Gasteiger partial charge in [-0.05, 0) is 31.5 Å². The van der Waals surface area contributed by atoms with E-state index >= 15 is 0 Å². The second-order valence-corrected chi connectivity index (χ2v) is 7.97. The molecule has 0 spiro atoms. The Balaban J connectivity index is 1.94. The molecule has 6 nitrogen and oxygen atoms in total. The maximum atomic E-state index is 13.4. The fourth-order valence-electron chi connectivity index (χ4n) is 3.47. The maximum Gasteiger partial charge on any atom is 0.268 e. The first-order valence-corrected chi connectivity index (χ1v) is 8.95. The first-order chi connectivity index (χ1) is 12.1. The number of para-hydroxylation sites is 1. The Kier molecular flexibility index (Phi) is 2.96. The van der Waals surface area contributed by atoms with E-state index < -0.39 is 0 Å². The van der Waals surface area contributed by atoms with Crippen molar-refractivity contribution >= 4 is 27.3 Å². The summed E-state index contributed by atoms with van der Waals surface area (Å²) in [7, 11) is 0. The summed E-state index contributed by atoms with van der Waals surface area (Å²) in [4.78, 5) is 15.4. The highest BCUT2D eigenvalue weighted by Gasteiger charge is 2.31. The van der Waals surface area contributed by atoms with E-state index in [1.54, 1.807) is 22.2 Å². The first-order valence-electron chi connectivity index (χ1n) is 8.13. The maximum absolute atomic E-state index is 13.4. The number of rotatable bonds is 1. The van der Waals surface area contributed by atoms with Gasteiger partial charge in [-0.15, -0.1) is 21.5 Å². The molecule has 1 aliphatic rings. The van der Waals surface area contributed by atoms with Gasteiger partial charge in [0.05, 0.1) is 23.3 Å². The molecule has 1 aliphatic heterocycles. The van der Waals surface area contributed by atoms with Crippen molar-refractivity contribution < 1.29 is 4.74 Å². The van der Waals surface area contributed by atoms with Crippen molar-refractivity contribution in [2.45, 2.75) is 32.5 Å². The first kappa shape index (κ1) is 14.8. The molecule has 4 aromatic rings. The fourth-order valence-corrected chi connectivity index (χ4v) is 4.65. The van der Waals surface area contributed by atoms with Crippen molar-refractivity contribution in [2.75, 3.05) is 0 Å². The summed E-state index contributed by atoms with van der Waals surface area (Å²) in [5.74, 6) is 0.530. The van der Waals surface area contributed by atoms with Crippen molar-refractivity contribution in [3.8, 4) is 5.69 Å². The van der Waals surface area contributed by atoms with Crippen LogP contribution in [-0.2, 0) is 17.8 Å². The van der Waals surface area contributed by atoms with Crippen LogP contribution in [0.25, 0.3) is 21.7 Å². The van der Waals surface area contributed by atoms with Gasteiger partial charge in [0.15, 0.2) is 0 Å². The van der Waals surface area contributed by atoms with Crippen LogP contribution in [0.3, 0.4) is 0 Å². The van der Waals surface area contributed by atoms with Crippen LogP contribution < -0.4 is 5.56 Å². The standard InChI is InChI=1S/C18H16N4O2S/c1-18(2)8-12-13(9-24-18)25-16-14(12)15(23)22(11-6-4-3-5-7-11)17-20-19-10-21(16)17/h3-7,10H,8-9H2,1-2H3. The number of hydrogen-bond donors (Lipinski definition) is 0. The lowest BCUT2D eigenvalue weighted by molar-refractivity contribution is -0.0379. The summed E-state index contributed by atoms with van der Waals surface area (Å²) in [5.41, 5.74) is 1.57. The SMILES string of the molecule is CC1(C)Cc2c(sc3c2c(=O)n(-c2ccccc2)c2nncn32)CO1. The van der Waals surface area contributed by atoms with E-state index in [-0.39, 0.29) is 11.2 Å². The molecule has 5 rings (SSSR count). The number of benzene rings is 1. The number of ether oxygens (including phenoxy) is 1. The molecule has 7 heteroatoms. The van der Waals surface area contributed by atoms with Gasteiger partial charge < -0.3 is 4.74 Å². The van der Waals surface area contributed by atoms with Gasteiger partial charge in [0, 0.05) is 11.3 Å². The minimum Gasteiger partial charge on any atom is -0.370 e. The van der Waals surface area contributed by atoms with Crippen LogP contribution >= 0.6 is 11.3 Å². The Bertz CT molecular complexity index is 1170. The van der Waals surface area contributed by atoms with E-state index in [1.165, 1.54) is 0 Å². The van der Waals surface area contributed by atoms with E-state index in [0.717, 1.165) is 32.8 Å². The minimum absolute atomic E-state index is 0.0445.